The third-order valence-electron chi connectivity index (χ3n) is 3.07. The van der Waals surface area contributed by atoms with E-state index in [1.807, 2.05) is 13.8 Å². The monoisotopic (exact) mass is 353 g/mol. The van der Waals surface area contributed by atoms with Crippen molar-refractivity contribution in [1.29, 1.82) is 0 Å². The van der Waals surface area contributed by atoms with Crippen LogP contribution in [0.15, 0.2) is 36.4 Å². The summed E-state index contributed by atoms with van der Waals surface area (Å²) >= 11 is 12.5. The Hall–Kier alpha value is -1.75. The standard InChI is InChI=1S/C17H17Cl2NO3/c1-3-22-10-23-17(21)12-6-4-5-7-15(12)20-16-13(18)8-11(2)9-14(16)19/h4-9,20H,3,10H2,1-2H3. The summed E-state index contributed by atoms with van der Waals surface area (Å²) in [5, 5.41) is 4.06. The molecular weight excluding hydrogens is 337 g/mol. The van der Waals surface area contributed by atoms with Gasteiger partial charge in [-0.2, -0.15) is 0 Å². The summed E-state index contributed by atoms with van der Waals surface area (Å²) in [5.74, 6) is -0.485. The first-order chi connectivity index (χ1) is 11.0. The number of carbonyl (C=O) groups is 1. The summed E-state index contributed by atoms with van der Waals surface area (Å²) < 4.78 is 10.1. The summed E-state index contributed by atoms with van der Waals surface area (Å²) in [4.78, 5) is 12.1. The van der Waals surface area contributed by atoms with Crippen LogP contribution < -0.4 is 5.32 Å². The number of rotatable bonds is 6. The first-order valence-electron chi connectivity index (χ1n) is 7.09. The van der Waals surface area contributed by atoms with Gasteiger partial charge in [-0.25, -0.2) is 4.79 Å². The molecule has 122 valence electrons. The van der Waals surface area contributed by atoms with E-state index in [0.29, 0.717) is 33.6 Å². The summed E-state index contributed by atoms with van der Waals surface area (Å²) in [6.45, 7) is 4.11. The average molecular weight is 354 g/mol. The van der Waals surface area contributed by atoms with Crippen molar-refractivity contribution in [2.75, 3.05) is 18.7 Å². The van der Waals surface area contributed by atoms with Crippen molar-refractivity contribution in [2.45, 2.75) is 13.8 Å². The van der Waals surface area contributed by atoms with E-state index in [-0.39, 0.29) is 6.79 Å². The van der Waals surface area contributed by atoms with Crippen molar-refractivity contribution < 1.29 is 14.3 Å². The van der Waals surface area contributed by atoms with E-state index in [4.69, 9.17) is 32.7 Å². The van der Waals surface area contributed by atoms with Crippen LogP contribution in [0.5, 0.6) is 0 Å². The molecule has 0 bridgehead atoms. The lowest BCUT2D eigenvalue weighted by molar-refractivity contribution is -0.0273. The van der Waals surface area contributed by atoms with Crippen LogP contribution in [0.1, 0.15) is 22.8 Å². The lowest BCUT2D eigenvalue weighted by atomic mass is 10.1. The smallest absolute Gasteiger partial charge is 0.342 e. The summed E-state index contributed by atoms with van der Waals surface area (Å²) in [6, 6.07) is 10.6. The van der Waals surface area contributed by atoms with Gasteiger partial charge < -0.3 is 14.8 Å². The van der Waals surface area contributed by atoms with Gasteiger partial charge in [0.25, 0.3) is 0 Å². The molecule has 2 rings (SSSR count). The number of nitrogens with one attached hydrogen (secondary N) is 1. The molecule has 23 heavy (non-hydrogen) atoms. The highest BCUT2D eigenvalue weighted by molar-refractivity contribution is 6.39. The number of para-hydroxylation sites is 1. The van der Waals surface area contributed by atoms with Crippen LogP contribution >= 0.6 is 23.2 Å². The van der Waals surface area contributed by atoms with Crippen LogP contribution in [0.25, 0.3) is 0 Å². The highest BCUT2D eigenvalue weighted by atomic mass is 35.5. The van der Waals surface area contributed by atoms with Crippen molar-refractivity contribution in [3.8, 4) is 0 Å². The molecule has 0 fully saturated rings. The molecule has 0 saturated heterocycles. The zero-order valence-corrected chi connectivity index (χ0v) is 14.4. The first kappa shape index (κ1) is 17.6. The van der Waals surface area contributed by atoms with Crippen molar-refractivity contribution in [3.63, 3.8) is 0 Å². The maximum atomic E-state index is 12.1. The van der Waals surface area contributed by atoms with Crippen LogP contribution in [0.2, 0.25) is 10.0 Å². The van der Waals surface area contributed by atoms with Crippen molar-refractivity contribution in [2.24, 2.45) is 0 Å². The number of anilines is 2. The summed E-state index contributed by atoms with van der Waals surface area (Å²) in [5.41, 5.74) is 2.43. The number of ether oxygens (including phenoxy) is 2. The molecule has 0 amide bonds. The largest absolute Gasteiger partial charge is 0.435 e. The second kappa shape index (κ2) is 8.20. The Balaban J connectivity index is 2.26. The zero-order chi connectivity index (χ0) is 16.8. The topological polar surface area (TPSA) is 47.6 Å². The quantitative estimate of drug-likeness (QED) is 0.440. The molecule has 0 saturated carbocycles. The third kappa shape index (κ3) is 4.61. The van der Waals surface area contributed by atoms with Gasteiger partial charge in [0.2, 0.25) is 0 Å². The second-order valence-electron chi connectivity index (χ2n) is 4.82. The molecule has 2 aromatic carbocycles. The molecular formula is C17H17Cl2NO3. The average Bonchev–Trinajstić information content (AvgIpc) is 2.51. The maximum absolute atomic E-state index is 12.1. The highest BCUT2D eigenvalue weighted by Gasteiger charge is 2.15. The van der Waals surface area contributed by atoms with E-state index in [1.165, 1.54) is 0 Å². The fraction of sp³-hybridized carbons (Fsp3) is 0.235. The van der Waals surface area contributed by atoms with Crippen molar-refractivity contribution in [3.05, 3.63) is 57.6 Å². The molecule has 0 aliphatic rings. The van der Waals surface area contributed by atoms with E-state index in [9.17, 15) is 4.79 Å². The van der Waals surface area contributed by atoms with Crippen LogP contribution in [-0.4, -0.2) is 19.4 Å². The van der Waals surface area contributed by atoms with Gasteiger partial charge in [-0.3, -0.25) is 0 Å². The van der Waals surface area contributed by atoms with E-state index in [1.54, 1.807) is 36.4 Å². The molecule has 0 aliphatic heterocycles. The minimum absolute atomic E-state index is 0.0876. The Bertz CT molecular complexity index is 681. The third-order valence-corrected chi connectivity index (χ3v) is 3.67. The second-order valence-corrected chi connectivity index (χ2v) is 5.63. The van der Waals surface area contributed by atoms with Gasteiger partial charge in [-0.05, 0) is 43.7 Å². The van der Waals surface area contributed by atoms with E-state index in [0.717, 1.165) is 5.56 Å². The Labute approximate surface area is 145 Å². The van der Waals surface area contributed by atoms with E-state index >= 15 is 0 Å². The first-order valence-corrected chi connectivity index (χ1v) is 7.85. The van der Waals surface area contributed by atoms with Gasteiger partial charge in [-0.1, -0.05) is 35.3 Å². The van der Waals surface area contributed by atoms with Crippen LogP contribution in [0, 0.1) is 6.92 Å². The molecule has 4 nitrogen and oxygen atoms in total. The number of hydrogen-bond acceptors (Lipinski definition) is 4. The molecule has 6 heteroatoms. The minimum atomic E-state index is -0.485. The number of carbonyl (C=O) groups excluding carboxylic acids is 1. The number of aryl methyl sites for hydroxylation is 1. The summed E-state index contributed by atoms with van der Waals surface area (Å²) in [6.07, 6.45) is 0. The number of halogens is 2. The van der Waals surface area contributed by atoms with Crippen molar-refractivity contribution >= 4 is 40.5 Å². The Kier molecular flexibility index (Phi) is 6.28. The predicted octanol–water partition coefficient (Wildman–Crippen LogP) is 5.20. The van der Waals surface area contributed by atoms with Crippen LogP contribution in [0.3, 0.4) is 0 Å². The zero-order valence-electron chi connectivity index (χ0n) is 12.9. The fourth-order valence-electron chi connectivity index (χ4n) is 1.98. The lowest BCUT2D eigenvalue weighted by Gasteiger charge is -2.14. The van der Waals surface area contributed by atoms with Gasteiger partial charge >= 0.3 is 5.97 Å². The molecule has 0 atom stereocenters. The highest BCUT2D eigenvalue weighted by Crippen LogP contribution is 2.35. The molecule has 1 N–H and O–H groups in total. The Morgan fingerprint density at radius 3 is 2.48 bits per heavy atom. The van der Waals surface area contributed by atoms with Gasteiger partial charge in [0.1, 0.15) is 0 Å². The predicted molar refractivity (Wildman–Crippen MR) is 92.8 cm³/mol. The van der Waals surface area contributed by atoms with Crippen molar-refractivity contribution in [1.82, 2.24) is 0 Å². The normalized spacial score (nSPS) is 10.4. The fourth-order valence-corrected chi connectivity index (χ4v) is 2.67. The van der Waals surface area contributed by atoms with Gasteiger partial charge in [0, 0.05) is 6.61 Å². The molecule has 0 aromatic heterocycles. The molecule has 0 radical (unpaired) electrons. The Morgan fingerprint density at radius 2 is 1.83 bits per heavy atom. The lowest BCUT2D eigenvalue weighted by Crippen LogP contribution is -2.11. The summed E-state index contributed by atoms with van der Waals surface area (Å²) in [7, 11) is 0. The van der Waals surface area contributed by atoms with Gasteiger partial charge in [0.15, 0.2) is 6.79 Å². The van der Waals surface area contributed by atoms with E-state index < -0.39 is 5.97 Å². The van der Waals surface area contributed by atoms with Gasteiger partial charge in [0.05, 0.1) is 27.0 Å². The SMILES string of the molecule is CCOCOC(=O)c1ccccc1Nc1c(Cl)cc(C)cc1Cl. The number of esters is 1. The van der Waals surface area contributed by atoms with E-state index in [2.05, 4.69) is 5.32 Å². The van der Waals surface area contributed by atoms with Gasteiger partial charge in [-0.15, -0.1) is 0 Å². The van der Waals surface area contributed by atoms with Crippen LogP contribution in [0.4, 0.5) is 11.4 Å². The number of hydrogen-bond donors (Lipinski definition) is 1. The molecule has 2 aromatic rings. The molecule has 0 unspecified atom stereocenters. The molecule has 0 aliphatic carbocycles. The molecule has 0 spiro atoms. The maximum Gasteiger partial charge on any atom is 0.342 e. The van der Waals surface area contributed by atoms with Crippen LogP contribution in [-0.2, 0) is 9.47 Å². The molecule has 0 heterocycles. The number of benzene rings is 2. The minimum Gasteiger partial charge on any atom is -0.435 e. The Morgan fingerprint density at radius 1 is 1.17 bits per heavy atom.